The summed E-state index contributed by atoms with van der Waals surface area (Å²) < 4.78 is 0. The predicted molar refractivity (Wildman–Crippen MR) is 150 cm³/mol. The van der Waals surface area contributed by atoms with Crippen LogP contribution in [-0.4, -0.2) is 15.0 Å². The van der Waals surface area contributed by atoms with Crippen molar-refractivity contribution < 1.29 is 0 Å². The van der Waals surface area contributed by atoms with Gasteiger partial charge >= 0.3 is 0 Å². The molecule has 0 atom stereocenters. The van der Waals surface area contributed by atoms with Crippen molar-refractivity contribution in [2.24, 2.45) is 0 Å². The molecule has 0 radical (unpaired) electrons. The first-order chi connectivity index (χ1) is 17.7. The Morgan fingerprint density at radius 3 is 1.94 bits per heavy atom. The number of benzene rings is 3. The molecule has 0 amide bonds. The second-order valence-corrected chi connectivity index (χ2v) is 8.71. The van der Waals surface area contributed by atoms with Crippen LogP contribution in [0.5, 0.6) is 0 Å². The Hall–Kier alpha value is -4.63. The van der Waals surface area contributed by atoms with Crippen LogP contribution in [-0.2, 0) is 0 Å². The minimum Gasteiger partial charge on any atom is -0.248 e. The number of hydrogen-bond donors (Lipinski definition) is 0. The van der Waals surface area contributed by atoms with Gasteiger partial charge in [0.15, 0.2) is 5.82 Å². The molecule has 0 saturated heterocycles. The largest absolute Gasteiger partial charge is 0.248 e. The van der Waals surface area contributed by atoms with Crippen LogP contribution < -0.4 is 0 Å². The number of nitrogens with zero attached hydrogens (tertiary/aromatic N) is 3. The minimum atomic E-state index is 0.705. The fourth-order valence-electron chi connectivity index (χ4n) is 4.08. The fourth-order valence-corrected chi connectivity index (χ4v) is 4.08. The van der Waals surface area contributed by atoms with Gasteiger partial charge in [-0.05, 0) is 65.9 Å². The molecule has 36 heavy (non-hydrogen) atoms. The van der Waals surface area contributed by atoms with Gasteiger partial charge in [-0.25, -0.2) is 15.0 Å². The summed E-state index contributed by atoms with van der Waals surface area (Å²) >= 11 is 0. The summed E-state index contributed by atoms with van der Waals surface area (Å²) in [5, 5.41) is 0. The van der Waals surface area contributed by atoms with Gasteiger partial charge in [-0.2, -0.15) is 0 Å². The highest BCUT2D eigenvalue weighted by molar-refractivity contribution is 5.78. The number of allylic oxidation sites excluding steroid dienone is 4. The zero-order chi connectivity index (χ0) is 24.7. The number of hydrogen-bond acceptors (Lipinski definition) is 3. The Bertz CT molecular complexity index is 1520. The molecule has 2 aromatic heterocycles. The summed E-state index contributed by atoms with van der Waals surface area (Å²) in [4.78, 5) is 13.9. The van der Waals surface area contributed by atoms with Crippen molar-refractivity contribution in [1.29, 1.82) is 0 Å². The maximum absolute atomic E-state index is 5.08. The Labute approximate surface area is 212 Å². The van der Waals surface area contributed by atoms with Crippen molar-refractivity contribution in [3.63, 3.8) is 0 Å². The monoisotopic (exact) mass is 465 g/mol. The zero-order valence-electron chi connectivity index (χ0n) is 20.5. The number of rotatable bonds is 6. The Morgan fingerprint density at radius 1 is 0.556 bits per heavy atom. The van der Waals surface area contributed by atoms with Crippen LogP contribution in [0.15, 0.2) is 128 Å². The molecule has 174 valence electrons. The minimum absolute atomic E-state index is 0.705. The normalized spacial score (nSPS) is 11.9. The van der Waals surface area contributed by atoms with Crippen molar-refractivity contribution in [3.05, 3.63) is 139 Å². The van der Waals surface area contributed by atoms with Crippen molar-refractivity contribution in [1.82, 2.24) is 15.0 Å². The average Bonchev–Trinajstić information content (AvgIpc) is 2.97. The molecule has 2 heterocycles. The highest BCUT2D eigenvalue weighted by atomic mass is 14.8. The standard InChI is InChI=1S/C33H27N3/c1-24(26-11-5-3-6-12-26)17-18-25(2)31-22-30(27-13-7-4-8-14-27)23-32(36-31)28-15-9-16-29(21-28)33-34-19-10-20-35-33/h3-23H,1-2H3/b24-17+,25-18+. The molecule has 0 aliphatic carbocycles. The van der Waals surface area contributed by atoms with Gasteiger partial charge in [0, 0.05) is 23.5 Å². The average molecular weight is 466 g/mol. The van der Waals surface area contributed by atoms with Crippen LogP contribution in [0.4, 0.5) is 0 Å². The third-order valence-corrected chi connectivity index (χ3v) is 6.13. The van der Waals surface area contributed by atoms with E-state index >= 15 is 0 Å². The van der Waals surface area contributed by atoms with Crippen molar-refractivity contribution in [2.75, 3.05) is 0 Å². The van der Waals surface area contributed by atoms with Gasteiger partial charge in [-0.3, -0.25) is 0 Å². The van der Waals surface area contributed by atoms with Crippen LogP contribution in [0.3, 0.4) is 0 Å². The van der Waals surface area contributed by atoms with E-state index in [1.807, 2.05) is 30.3 Å². The van der Waals surface area contributed by atoms with E-state index in [1.54, 1.807) is 12.4 Å². The molecule has 3 aromatic carbocycles. The van der Waals surface area contributed by atoms with Crippen molar-refractivity contribution in [3.8, 4) is 33.8 Å². The van der Waals surface area contributed by atoms with E-state index in [0.29, 0.717) is 5.82 Å². The molecule has 0 aliphatic rings. The molecule has 3 nitrogen and oxygen atoms in total. The molecule has 0 unspecified atom stereocenters. The maximum atomic E-state index is 5.08. The van der Waals surface area contributed by atoms with E-state index < -0.39 is 0 Å². The third kappa shape index (κ3) is 5.37. The molecule has 0 fully saturated rings. The van der Waals surface area contributed by atoms with Crippen LogP contribution in [0.25, 0.3) is 44.9 Å². The summed E-state index contributed by atoms with van der Waals surface area (Å²) in [6.45, 7) is 4.25. The summed E-state index contributed by atoms with van der Waals surface area (Å²) in [6.07, 6.45) is 7.84. The van der Waals surface area contributed by atoms with E-state index in [9.17, 15) is 0 Å². The Kier molecular flexibility index (Phi) is 6.90. The SMILES string of the molecule is C/C(=C\C=C(/C)c1cc(-c2ccccc2)cc(-c2cccc(-c3ncccn3)c2)n1)c1ccccc1. The second kappa shape index (κ2) is 10.7. The van der Waals surface area contributed by atoms with E-state index in [1.165, 1.54) is 11.1 Å². The number of pyridine rings is 1. The fraction of sp³-hybridized carbons (Fsp3) is 0.0606. The van der Waals surface area contributed by atoms with Gasteiger partial charge in [0.2, 0.25) is 0 Å². The van der Waals surface area contributed by atoms with Crippen LogP contribution in [0, 0.1) is 0 Å². The smallest absolute Gasteiger partial charge is 0.159 e. The molecule has 5 rings (SSSR count). The first kappa shape index (κ1) is 23.1. The quantitative estimate of drug-likeness (QED) is 0.236. The van der Waals surface area contributed by atoms with Gasteiger partial charge in [0.1, 0.15) is 0 Å². The highest BCUT2D eigenvalue weighted by Gasteiger charge is 2.10. The van der Waals surface area contributed by atoms with E-state index in [2.05, 4.69) is 109 Å². The lowest BCUT2D eigenvalue weighted by Gasteiger charge is -2.11. The van der Waals surface area contributed by atoms with Crippen LogP contribution >= 0.6 is 0 Å². The lowest BCUT2D eigenvalue weighted by atomic mass is 9.99. The first-order valence-corrected chi connectivity index (χ1v) is 12.0. The Morgan fingerprint density at radius 2 is 1.19 bits per heavy atom. The van der Waals surface area contributed by atoms with Gasteiger partial charge in [0.05, 0.1) is 11.4 Å². The maximum Gasteiger partial charge on any atom is 0.159 e. The summed E-state index contributed by atoms with van der Waals surface area (Å²) in [6, 6.07) is 35.3. The van der Waals surface area contributed by atoms with E-state index in [-0.39, 0.29) is 0 Å². The third-order valence-electron chi connectivity index (χ3n) is 6.13. The molecule has 0 bridgehead atoms. The second-order valence-electron chi connectivity index (χ2n) is 8.71. The van der Waals surface area contributed by atoms with Crippen LogP contribution in [0.1, 0.15) is 25.1 Å². The Balaban J connectivity index is 1.58. The molecule has 3 heteroatoms. The van der Waals surface area contributed by atoms with Gasteiger partial charge in [-0.1, -0.05) is 91.0 Å². The summed E-state index contributed by atoms with van der Waals surface area (Å²) in [5.41, 5.74) is 9.69. The molecular weight excluding hydrogens is 438 g/mol. The van der Waals surface area contributed by atoms with Gasteiger partial charge < -0.3 is 0 Å². The molecule has 0 saturated carbocycles. The van der Waals surface area contributed by atoms with E-state index in [0.717, 1.165) is 39.2 Å². The summed E-state index contributed by atoms with van der Waals surface area (Å²) in [5.74, 6) is 0.705. The van der Waals surface area contributed by atoms with E-state index in [4.69, 9.17) is 4.98 Å². The van der Waals surface area contributed by atoms with Crippen molar-refractivity contribution in [2.45, 2.75) is 13.8 Å². The molecule has 0 spiro atoms. The lowest BCUT2D eigenvalue weighted by molar-refractivity contribution is 1.17. The topological polar surface area (TPSA) is 38.7 Å². The lowest BCUT2D eigenvalue weighted by Crippen LogP contribution is -1.94. The highest BCUT2D eigenvalue weighted by Crippen LogP contribution is 2.30. The molecular formula is C33H27N3. The van der Waals surface area contributed by atoms with Crippen LogP contribution in [0.2, 0.25) is 0 Å². The molecule has 5 aromatic rings. The number of aromatic nitrogens is 3. The summed E-state index contributed by atoms with van der Waals surface area (Å²) in [7, 11) is 0. The zero-order valence-corrected chi connectivity index (χ0v) is 20.5. The predicted octanol–water partition coefficient (Wildman–Crippen LogP) is 8.38. The van der Waals surface area contributed by atoms with Gasteiger partial charge in [0.25, 0.3) is 0 Å². The first-order valence-electron chi connectivity index (χ1n) is 12.0. The van der Waals surface area contributed by atoms with Crippen molar-refractivity contribution >= 4 is 11.1 Å². The van der Waals surface area contributed by atoms with Gasteiger partial charge in [-0.15, -0.1) is 0 Å². The molecule has 0 N–H and O–H groups in total. The molecule has 0 aliphatic heterocycles.